The maximum Gasteiger partial charge on any atom is 0.255 e. The van der Waals surface area contributed by atoms with E-state index in [2.05, 4.69) is 6.08 Å². The summed E-state index contributed by atoms with van der Waals surface area (Å²) in [6.45, 7) is 6.03. The standard InChI is InChI=1S/C30H29NO10/c1-11-6-5-7-27(2,3)28(11)9-12-16-18(13(32)8-15(41-4)21(16)28)22(34)20-17(12)23(35)29(39)10-14(33)19(26(31)38)24(36)30(29,40)25(20)37/h6,8,32,34,36,39-40H,5,7,9-10H2,1-4H3,(H2,31,38)/t28-,29-,30+/m1/s1. The van der Waals surface area contributed by atoms with Gasteiger partial charge in [-0.25, -0.2) is 0 Å². The molecule has 0 aliphatic heterocycles. The Morgan fingerprint density at radius 2 is 1.66 bits per heavy atom. The molecule has 0 heterocycles. The van der Waals surface area contributed by atoms with Crippen molar-refractivity contribution in [3.63, 3.8) is 0 Å². The van der Waals surface area contributed by atoms with Crippen LogP contribution in [0.3, 0.4) is 0 Å². The number of aliphatic hydroxyl groups is 3. The Kier molecular flexibility index (Phi) is 5.09. The Hall–Kier alpha value is -4.22. The Bertz CT molecular complexity index is 1760. The average Bonchev–Trinajstić information content (AvgIpc) is 3.24. The minimum Gasteiger partial charge on any atom is -0.508 e. The number of rotatable bonds is 2. The molecule has 6 rings (SSSR count). The second kappa shape index (κ2) is 7.74. The predicted octanol–water partition coefficient (Wildman–Crippen LogP) is 1.93. The number of hydrogen-bond acceptors (Lipinski definition) is 10. The normalized spacial score (nSPS) is 30.0. The lowest BCUT2D eigenvalue weighted by molar-refractivity contribution is -0.139. The molecule has 0 bridgehead atoms. The summed E-state index contributed by atoms with van der Waals surface area (Å²) in [5, 5.41) is 56.7. The molecule has 0 saturated heterocycles. The molecule has 0 fully saturated rings. The first-order chi connectivity index (χ1) is 19.0. The number of aromatic hydroxyl groups is 2. The van der Waals surface area contributed by atoms with Crippen molar-refractivity contribution < 1.29 is 49.4 Å². The number of carbonyl (C=O) groups excluding carboxylic acids is 4. The number of allylic oxidation sites excluding steroid dienone is 2. The SMILES string of the molecule is COc1cc(O)c2c(O)c3c(c4c2c1[C@@]1(C4)C(C)=CCCC1(C)C)C(=O)[C@]1(O)CC(=O)C(C(N)=O)=C(O)[C@]1(O)C3=O. The van der Waals surface area contributed by atoms with E-state index in [1.807, 2.05) is 20.8 Å². The molecular weight excluding hydrogens is 534 g/mol. The molecule has 2 aromatic carbocycles. The lowest BCUT2D eigenvalue weighted by Crippen LogP contribution is -2.70. The van der Waals surface area contributed by atoms with Crippen LogP contribution in [0, 0.1) is 5.41 Å². The molecule has 4 aliphatic rings. The van der Waals surface area contributed by atoms with Gasteiger partial charge in [-0.05, 0) is 37.2 Å². The van der Waals surface area contributed by atoms with Gasteiger partial charge in [-0.1, -0.05) is 25.5 Å². The van der Waals surface area contributed by atoms with Crippen LogP contribution < -0.4 is 10.5 Å². The third-order valence-corrected chi connectivity index (χ3v) is 10.0. The van der Waals surface area contributed by atoms with Crippen molar-refractivity contribution in [3.05, 3.63) is 51.3 Å². The summed E-state index contributed by atoms with van der Waals surface area (Å²) >= 11 is 0. The molecule has 7 N–H and O–H groups in total. The summed E-state index contributed by atoms with van der Waals surface area (Å²) in [6.07, 6.45) is 2.46. The van der Waals surface area contributed by atoms with Gasteiger partial charge in [-0.15, -0.1) is 0 Å². The molecule has 1 amide bonds. The zero-order chi connectivity index (χ0) is 30.2. The third-order valence-electron chi connectivity index (χ3n) is 10.0. The topological polar surface area (TPSA) is 205 Å². The highest BCUT2D eigenvalue weighted by molar-refractivity contribution is 6.32. The second-order valence-electron chi connectivity index (χ2n) is 12.1. The number of nitrogens with two attached hydrogens (primary N) is 1. The minimum absolute atomic E-state index is 0.104. The maximum absolute atomic E-state index is 14.3. The largest absolute Gasteiger partial charge is 0.508 e. The molecule has 0 unspecified atom stereocenters. The first-order valence-electron chi connectivity index (χ1n) is 13.1. The van der Waals surface area contributed by atoms with Crippen molar-refractivity contribution in [2.75, 3.05) is 7.11 Å². The number of ketones is 3. The van der Waals surface area contributed by atoms with Crippen molar-refractivity contribution >= 4 is 34.0 Å². The summed E-state index contributed by atoms with van der Waals surface area (Å²) in [7, 11) is 1.42. The second-order valence-corrected chi connectivity index (χ2v) is 12.1. The van der Waals surface area contributed by atoms with Crippen molar-refractivity contribution in [1.82, 2.24) is 0 Å². The molecule has 0 radical (unpaired) electrons. The first kappa shape index (κ1) is 27.0. The molecular formula is C30H29NO10. The quantitative estimate of drug-likeness (QED) is 0.231. The molecule has 2 aromatic rings. The summed E-state index contributed by atoms with van der Waals surface area (Å²) in [6, 6.07) is 1.31. The number of benzene rings is 2. The minimum atomic E-state index is -3.51. The van der Waals surface area contributed by atoms with Gasteiger partial charge in [-0.3, -0.25) is 19.2 Å². The van der Waals surface area contributed by atoms with Crippen LogP contribution in [-0.4, -0.2) is 67.1 Å². The number of primary amides is 1. The highest BCUT2D eigenvalue weighted by atomic mass is 16.5. The zero-order valence-corrected chi connectivity index (χ0v) is 22.8. The van der Waals surface area contributed by atoms with E-state index in [1.165, 1.54) is 13.2 Å². The fourth-order valence-electron chi connectivity index (χ4n) is 7.92. The summed E-state index contributed by atoms with van der Waals surface area (Å²) < 4.78 is 5.71. The van der Waals surface area contributed by atoms with Crippen molar-refractivity contribution in [2.45, 2.75) is 63.1 Å². The number of fused-ring (bicyclic) bond motifs is 4. The molecule has 3 atom stereocenters. The van der Waals surface area contributed by atoms with E-state index in [0.29, 0.717) is 11.3 Å². The van der Waals surface area contributed by atoms with E-state index in [1.54, 1.807) is 0 Å². The van der Waals surface area contributed by atoms with Gasteiger partial charge in [0, 0.05) is 28.0 Å². The Morgan fingerprint density at radius 1 is 1.00 bits per heavy atom. The van der Waals surface area contributed by atoms with Gasteiger partial charge in [0.15, 0.2) is 22.9 Å². The van der Waals surface area contributed by atoms with Crippen LogP contribution in [0.25, 0.3) is 10.8 Å². The van der Waals surface area contributed by atoms with Gasteiger partial charge in [0.2, 0.25) is 11.4 Å². The van der Waals surface area contributed by atoms with Crippen LogP contribution >= 0.6 is 0 Å². The third kappa shape index (κ3) is 2.71. The number of amides is 1. The van der Waals surface area contributed by atoms with Crippen LogP contribution in [0.2, 0.25) is 0 Å². The fourth-order valence-corrected chi connectivity index (χ4v) is 7.92. The van der Waals surface area contributed by atoms with Crippen molar-refractivity contribution in [2.24, 2.45) is 11.1 Å². The first-order valence-corrected chi connectivity index (χ1v) is 13.1. The Morgan fingerprint density at radius 3 is 2.24 bits per heavy atom. The van der Waals surface area contributed by atoms with Crippen LogP contribution in [0.5, 0.6) is 17.2 Å². The summed E-state index contributed by atoms with van der Waals surface area (Å²) in [5.74, 6) is -8.17. The highest BCUT2D eigenvalue weighted by Crippen LogP contribution is 2.65. The molecule has 11 nitrogen and oxygen atoms in total. The van der Waals surface area contributed by atoms with Gasteiger partial charge >= 0.3 is 0 Å². The van der Waals surface area contributed by atoms with Crippen molar-refractivity contribution in [3.8, 4) is 17.2 Å². The molecule has 0 saturated carbocycles. The monoisotopic (exact) mass is 563 g/mol. The van der Waals surface area contributed by atoms with E-state index in [0.717, 1.165) is 18.4 Å². The lowest BCUT2D eigenvalue weighted by Gasteiger charge is -2.49. The van der Waals surface area contributed by atoms with Gasteiger partial charge in [0.25, 0.3) is 5.91 Å². The number of Topliss-reactive ketones (excluding diaryl/α,β-unsaturated/α-hetero) is 3. The number of aliphatic hydroxyl groups excluding tert-OH is 1. The molecule has 4 aliphatic carbocycles. The lowest BCUT2D eigenvalue weighted by atomic mass is 9.54. The average molecular weight is 564 g/mol. The van der Waals surface area contributed by atoms with Crippen molar-refractivity contribution in [1.29, 1.82) is 0 Å². The molecule has 1 spiro atoms. The molecule has 214 valence electrons. The number of carbonyl (C=O) groups is 4. The van der Waals surface area contributed by atoms with E-state index in [-0.39, 0.29) is 22.8 Å². The Labute approximate surface area is 233 Å². The number of ether oxygens (including phenoxy) is 1. The van der Waals surface area contributed by atoms with E-state index >= 15 is 0 Å². The van der Waals surface area contributed by atoms with Crippen LogP contribution in [-0.2, 0) is 21.4 Å². The molecule has 11 heteroatoms. The van der Waals surface area contributed by atoms with Gasteiger partial charge in [-0.2, -0.15) is 0 Å². The van der Waals surface area contributed by atoms with E-state index in [4.69, 9.17) is 10.5 Å². The van der Waals surface area contributed by atoms with Crippen LogP contribution in [0.15, 0.2) is 29.0 Å². The zero-order valence-electron chi connectivity index (χ0n) is 22.8. The summed E-state index contributed by atoms with van der Waals surface area (Å²) in [4.78, 5) is 53.1. The predicted molar refractivity (Wildman–Crippen MR) is 143 cm³/mol. The maximum atomic E-state index is 14.3. The van der Waals surface area contributed by atoms with Gasteiger partial charge in [0.1, 0.15) is 22.8 Å². The van der Waals surface area contributed by atoms with Crippen LogP contribution in [0.1, 0.15) is 71.9 Å². The number of hydrogen-bond donors (Lipinski definition) is 6. The number of phenolic OH excluding ortho intramolecular Hbond substituents is 2. The number of phenols is 2. The van der Waals surface area contributed by atoms with Crippen LogP contribution in [0.4, 0.5) is 0 Å². The van der Waals surface area contributed by atoms with E-state index in [9.17, 15) is 44.7 Å². The molecule has 0 aromatic heterocycles. The Balaban J connectivity index is 1.80. The van der Waals surface area contributed by atoms with E-state index < -0.39 is 85.7 Å². The van der Waals surface area contributed by atoms with Gasteiger partial charge < -0.3 is 36.0 Å². The smallest absolute Gasteiger partial charge is 0.255 e. The fraction of sp³-hybridized carbons (Fsp3) is 0.400. The summed E-state index contributed by atoms with van der Waals surface area (Å²) in [5.41, 5.74) is -3.38. The van der Waals surface area contributed by atoms with Gasteiger partial charge in [0.05, 0.1) is 24.5 Å². The highest BCUT2D eigenvalue weighted by Gasteiger charge is 2.71. The number of methoxy groups -OCH3 is 1. The molecule has 41 heavy (non-hydrogen) atoms.